The highest BCUT2D eigenvalue weighted by Gasteiger charge is 2.20. The molecule has 0 spiro atoms. The summed E-state index contributed by atoms with van der Waals surface area (Å²) in [7, 11) is 0. The second-order valence-corrected chi connectivity index (χ2v) is 3.96. The number of hydrogen-bond donors (Lipinski definition) is 0. The molecule has 0 aliphatic carbocycles. The van der Waals surface area contributed by atoms with Crippen molar-refractivity contribution in [2.45, 2.75) is 0 Å². The van der Waals surface area contributed by atoms with Gasteiger partial charge in [0.1, 0.15) is 13.2 Å². The second kappa shape index (κ2) is 4.22. The van der Waals surface area contributed by atoms with Crippen molar-refractivity contribution < 1.29 is 9.47 Å². The fourth-order valence-corrected chi connectivity index (χ4v) is 2.15. The highest BCUT2D eigenvalue weighted by atomic mass is 16.6. The van der Waals surface area contributed by atoms with Gasteiger partial charge in [-0.05, 0) is 12.1 Å². The molecule has 0 aromatic heterocycles. The standard InChI is InChI=1S/C12H15N2O2/c1-2-10(14-6-4-13-5-7-14)12-11(3-1)15-8-9-16-12/h1-3H,4-9H2. The Labute approximate surface area is 95.1 Å². The number of rotatable bonds is 1. The molecule has 0 amide bonds. The molecule has 0 N–H and O–H groups in total. The molecule has 0 saturated carbocycles. The van der Waals surface area contributed by atoms with Crippen LogP contribution in [0.2, 0.25) is 0 Å². The third-order valence-corrected chi connectivity index (χ3v) is 2.94. The number of nitrogens with zero attached hydrogens (tertiary/aromatic N) is 2. The van der Waals surface area contributed by atoms with Crippen molar-refractivity contribution in [2.75, 3.05) is 44.3 Å². The van der Waals surface area contributed by atoms with Crippen LogP contribution in [0.3, 0.4) is 0 Å². The predicted octanol–water partition coefficient (Wildman–Crippen LogP) is 0.882. The molecule has 3 rings (SSSR count). The monoisotopic (exact) mass is 219 g/mol. The van der Waals surface area contributed by atoms with Gasteiger partial charge in [-0.2, -0.15) is 0 Å². The van der Waals surface area contributed by atoms with E-state index in [0.717, 1.165) is 43.4 Å². The molecule has 1 fully saturated rings. The van der Waals surface area contributed by atoms with Crippen molar-refractivity contribution in [3.05, 3.63) is 18.2 Å². The summed E-state index contributed by atoms with van der Waals surface area (Å²) in [4.78, 5) is 2.32. The SMILES string of the molecule is c1cc2c(c(N3CC[N]CC3)c1)OCCO2. The zero-order valence-corrected chi connectivity index (χ0v) is 9.19. The number of piperazine rings is 1. The van der Waals surface area contributed by atoms with Crippen LogP contribution in [0.25, 0.3) is 0 Å². The van der Waals surface area contributed by atoms with Gasteiger partial charge in [-0.3, -0.25) is 0 Å². The summed E-state index contributed by atoms with van der Waals surface area (Å²) in [5.74, 6) is 1.77. The summed E-state index contributed by atoms with van der Waals surface area (Å²) in [6.45, 7) is 5.04. The Morgan fingerprint density at radius 2 is 1.88 bits per heavy atom. The molecule has 2 aliphatic heterocycles. The summed E-state index contributed by atoms with van der Waals surface area (Å²) in [5.41, 5.74) is 1.15. The van der Waals surface area contributed by atoms with Gasteiger partial charge < -0.3 is 14.4 Å². The molecule has 4 nitrogen and oxygen atoms in total. The first kappa shape index (κ1) is 9.78. The van der Waals surface area contributed by atoms with E-state index >= 15 is 0 Å². The van der Waals surface area contributed by atoms with Gasteiger partial charge in [-0.25, -0.2) is 5.32 Å². The van der Waals surface area contributed by atoms with E-state index in [1.54, 1.807) is 0 Å². The lowest BCUT2D eigenvalue weighted by Crippen LogP contribution is -2.40. The smallest absolute Gasteiger partial charge is 0.184 e. The first-order valence-corrected chi connectivity index (χ1v) is 5.72. The van der Waals surface area contributed by atoms with Crippen molar-refractivity contribution in [1.82, 2.24) is 5.32 Å². The predicted molar refractivity (Wildman–Crippen MR) is 61.5 cm³/mol. The number of fused-ring (bicyclic) bond motifs is 1. The quantitative estimate of drug-likeness (QED) is 0.703. The highest BCUT2D eigenvalue weighted by Crippen LogP contribution is 2.39. The fraction of sp³-hybridized carbons (Fsp3) is 0.500. The molecule has 2 aliphatic rings. The van der Waals surface area contributed by atoms with Crippen LogP contribution in [0.15, 0.2) is 18.2 Å². The molecule has 0 bridgehead atoms. The molecule has 1 radical (unpaired) electrons. The van der Waals surface area contributed by atoms with Gasteiger partial charge in [0, 0.05) is 26.2 Å². The second-order valence-electron chi connectivity index (χ2n) is 3.96. The Balaban J connectivity index is 1.93. The largest absolute Gasteiger partial charge is 0.486 e. The topological polar surface area (TPSA) is 35.8 Å². The molecule has 16 heavy (non-hydrogen) atoms. The Kier molecular flexibility index (Phi) is 2.58. The van der Waals surface area contributed by atoms with Crippen LogP contribution >= 0.6 is 0 Å². The Morgan fingerprint density at radius 3 is 2.75 bits per heavy atom. The Bertz CT molecular complexity index is 375. The zero-order chi connectivity index (χ0) is 10.8. The number of anilines is 1. The van der Waals surface area contributed by atoms with Crippen LogP contribution in [0, 0.1) is 0 Å². The third-order valence-electron chi connectivity index (χ3n) is 2.94. The maximum Gasteiger partial charge on any atom is 0.184 e. The maximum atomic E-state index is 5.71. The maximum absolute atomic E-state index is 5.71. The van der Waals surface area contributed by atoms with Crippen molar-refractivity contribution in [2.24, 2.45) is 0 Å². The number of para-hydroxylation sites is 1. The molecular formula is C12H15N2O2. The van der Waals surface area contributed by atoms with Crippen molar-refractivity contribution in [3.63, 3.8) is 0 Å². The summed E-state index contributed by atoms with van der Waals surface area (Å²) in [6, 6.07) is 6.08. The Hall–Kier alpha value is -1.42. The van der Waals surface area contributed by atoms with E-state index in [1.165, 1.54) is 0 Å². The lowest BCUT2D eigenvalue weighted by Gasteiger charge is -2.31. The molecule has 1 aromatic rings. The van der Waals surface area contributed by atoms with Crippen LogP contribution in [-0.2, 0) is 0 Å². The van der Waals surface area contributed by atoms with Crippen LogP contribution in [0.1, 0.15) is 0 Å². The van der Waals surface area contributed by atoms with E-state index in [2.05, 4.69) is 16.3 Å². The van der Waals surface area contributed by atoms with E-state index < -0.39 is 0 Å². The zero-order valence-electron chi connectivity index (χ0n) is 9.19. The lowest BCUT2D eigenvalue weighted by atomic mass is 10.2. The Morgan fingerprint density at radius 1 is 1.06 bits per heavy atom. The van der Waals surface area contributed by atoms with Gasteiger partial charge in [0.2, 0.25) is 0 Å². The fourth-order valence-electron chi connectivity index (χ4n) is 2.15. The van der Waals surface area contributed by atoms with E-state index in [4.69, 9.17) is 9.47 Å². The summed E-state index contributed by atoms with van der Waals surface area (Å²) >= 11 is 0. The molecule has 2 heterocycles. The van der Waals surface area contributed by atoms with E-state index in [9.17, 15) is 0 Å². The van der Waals surface area contributed by atoms with Crippen molar-refractivity contribution in [1.29, 1.82) is 0 Å². The lowest BCUT2D eigenvalue weighted by molar-refractivity contribution is 0.172. The van der Waals surface area contributed by atoms with E-state index in [1.807, 2.05) is 12.1 Å². The number of benzene rings is 1. The number of hydrogen-bond acceptors (Lipinski definition) is 3. The van der Waals surface area contributed by atoms with Gasteiger partial charge in [-0.1, -0.05) is 6.07 Å². The average Bonchev–Trinajstić information content (AvgIpc) is 2.39. The van der Waals surface area contributed by atoms with Gasteiger partial charge in [-0.15, -0.1) is 0 Å². The first-order chi connectivity index (χ1) is 7.95. The normalized spacial score (nSPS) is 19.6. The summed E-state index contributed by atoms with van der Waals surface area (Å²) < 4.78 is 11.3. The van der Waals surface area contributed by atoms with E-state index in [0.29, 0.717) is 13.2 Å². The van der Waals surface area contributed by atoms with Gasteiger partial charge in [0.05, 0.1) is 5.69 Å². The van der Waals surface area contributed by atoms with Crippen LogP contribution in [-0.4, -0.2) is 39.4 Å². The molecular weight excluding hydrogens is 204 g/mol. The minimum absolute atomic E-state index is 0.641. The van der Waals surface area contributed by atoms with Crippen LogP contribution in [0.5, 0.6) is 11.5 Å². The minimum atomic E-state index is 0.641. The molecule has 85 valence electrons. The average molecular weight is 219 g/mol. The van der Waals surface area contributed by atoms with Crippen LogP contribution in [0.4, 0.5) is 5.69 Å². The van der Waals surface area contributed by atoms with Crippen molar-refractivity contribution in [3.8, 4) is 11.5 Å². The molecule has 1 aromatic carbocycles. The first-order valence-electron chi connectivity index (χ1n) is 5.72. The minimum Gasteiger partial charge on any atom is -0.486 e. The van der Waals surface area contributed by atoms with Gasteiger partial charge >= 0.3 is 0 Å². The summed E-state index contributed by atoms with van der Waals surface area (Å²) in [6.07, 6.45) is 0. The molecule has 0 unspecified atom stereocenters. The molecule has 4 heteroatoms. The van der Waals surface area contributed by atoms with Gasteiger partial charge in [0.25, 0.3) is 0 Å². The highest BCUT2D eigenvalue weighted by molar-refractivity contribution is 5.65. The van der Waals surface area contributed by atoms with Crippen molar-refractivity contribution >= 4 is 5.69 Å². The van der Waals surface area contributed by atoms with E-state index in [-0.39, 0.29) is 0 Å². The number of ether oxygens (including phenoxy) is 2. The van der Waals surface area contributed by atoms with Crippen LogP contribution < -0.4 is 19.7 Å². The third kappa shape index (κ3) is 1.69. The van der Waals surface area contributed by atoms with Gasteiger partial charge in [0.15, 0.2) is 11.5 Å². The molecule has 1 saturated heterocycles. The summed E-state index contributed by atoms with van der Waals surface area (Å²) in [5, 5.41) is 4.35. The molecule has 0 atom stereocenters.